The molecule has 1 aromatic heterocycles. The lowest BCUT2D eigenvalue weighted by molar-refractivity contribution is 0.0734. The zero-order valence-corrected chi connectivity index (χ0v) is 19.9. The van der Waals surface area contributed by atoms with Gasteiger partial charge >= 0.3 is 5.97 Å². The molecule has 4 heteroatoms. The van der Waals surface area contributed by atoms with Crippen LogP contribution in [0.15, 0.2) is 66.9 Å². The van der Waals surface area contributed by atoms with Gasteiger partial charge in [-0.05, 0) is 72.9 Å². The zero-order chi connectivity index (χ0) is 23.3. The van der Waals surface area contributed by atoms with Crippen LogP contribution in [0.4, 0.5) is 0 Å². The van der Waals surface area contributed by atoms with Gasteiger partial charge in [-0.15, -0.1) is 0 Å². The van der Waals surface area contributed by atoms with E-state index in [0.29, 0.717) is 17.9 Å². The highest BCUT2D eigenvalue weighted by molar-refractivity contribution is 5.91. The van der Waals surface area contributed by atoms with Gasteiger partial charge in [0.25, 0.3) is 0 Å². The lowest BCUT2D eigenvalue weighted by atomic mass is 10.1. The number of carbonyl (C=O) groups is 1. The molecule has 174 valence electrons. The second kappa shape index (κ2) is 13.5. The predicted octanol–water partition coefficient (Wildman–Crippen LogP) is 7.41. The van der Waals surface area contributed by atoms with Crippen molar-refractivity contribution in [1.29, 1.82) is 0 Å². The Labute approximate surface area is 198 Å². The number of nitrogens with zero attached hydrogens (tertiary/aromatic N) is 1. The number of benzene rings is 2. The molecule has 3 aromatic rings. The van der Waals surface area contributed by atoms with E-state index in [9.17, 15) is 4.79 Å². The number of esters is 1. The largest absolute Gasteiger partial charge is 0.423 e. The molecule has 0 aliphatic carbocycles. The van der Waals surface area contributed by atoms with Gasteiger partial charge in [-0.1, -0.05) is 57.7 Å². The van der Waals surface area contributed by atoms with Crippen molar-refractivity contribution < 1.29 is 14.3 Å². The van der Waals surface area contributed by atoms with E-state index in [1.54, 1.807) is 12.1 Å². The summed E-state index contributed by atoms with van der Waals surface area (Å²) < 4.78 is 11.2. The first-order chi connectivity index (χ1) is 16.2. The highest BCUT2D eigenvalue weighted by Crippen LogP contribution is 2.22. The van der Waals surface area contributed by atoms with E-state index in [2.05, 4.69) is 18.8 Å². The van der Waals surface area contributed by atoms with Crippen LogP contribution in [0.25, 0.3) is 11.3 Å². The summed E-state index contributed by atoms with van der Waals surface area (Å²) >= 11 is 0. The normalized spacial score (nSPS) is 10.8. The van der Waals surface area contributed by atoms with Crippen LogP contribution in [-0.2, 0) is 17.8 Å². The first kappa shape index (κ1) is 24.7. The summed E-state index contributed by atoms with van der Waals surface area (Å²) in [6.07, 6.45) is 10.0. The Morgan fingerprint density at radius 2 is 1.48 bits per heavy atom. The molecule has 0 N–H and O–H groups in total. The number of aromatic nitrogens is 1. The van der Waals surface area contributed by atoms with Crippen molar-refractivity contribution in [2.24, 2.45) is 0 Å². The molecule has 3 rings (SSSR count). The maximum atomic E-state index is 12.5. The molecule has 0 aliphatic heterocycles. The topological polar surface area (TPSA) is 48.4 Å². The Kier molecular flexibility index (Phi) is 10.1. The number of carbonyl (C=O) groups excluding carboxylic acids is 1. The van der Waals surface area contributed by atoms with Crippen molar-refractivity contribution in [3.05, 3.63) is 83.6 Å². The minimum Gasteiger partial charge on any atom is -0.423 e. The van der Waals surface area contributed by atoms with Crippen molar-refractivity contribution in [3.8, 4) is 17.0 Å². The van der Waals surface area contributed by atoms with Gasteiger partial charge in [0.05, 0.1) is 17.9 Å². The van der Waals surface area contributed by atoms with Crippen LogP contribution in [0, 0.1) is 0 Å². The van der Waals surface area contributed by atoms with Gasteiger partial charge in [-0.2, -0.15) is 0 Å². The average Bonchev–Trinajstić information content (AvgIpc) is 2.85. The summed E-state index contributed by atoms with van der Waals surface area (Å²) in [4.78, 5) is 17.0. The number of rotatable bonds is 13. The van der Waals surface area contributed by atoms with E-state index in [1.165, 1.54) is 37.7 Å². The quantitative estimate of drug-likeness (QED) is 0.156. The molecule has 1 heterocycles. The molecule has 0 atom stereocenters. The van der Waals surface area contributed by atoms with Crippen molar-refractivity contribution in [3.63, 3.8) is 0 Å². The van der Waals surface area contributed by atoms with Gasteiger partial charge in [-0.3, -0.25) is 4.98 Å². The van der Waals surface area contributed by atoms with Gasteiger partial charge in [-0.25, -0.2) is 4.79 Å². The van der Waals surface area contributed by atoms with E-state index in [-0.39, 0.29) is 5.97 Å². The van der Waals surface area contributed by atoms with Crippen molar-refractivity contribution in [2.75, 3.05) is 6.61 Å². The van der Waals surface area contributed by atoms with Crippen LogP contribution in [0.3, 0.4) is 0 Å². The second-order valence-corrected chi connectivity index (χ2v) is 8.38. The van der Waals surface area contributed by atoms with Crippen molar-refractivity contribution in [1.82, 2.24) is 4.98 Å². The number of pyridine rings is 1. The zero-order valence-electron chi connectivity index (χ0n) is 19.9. The molecular formula is C29H35NO3. The van der Waals surface area contributed by atoms with Gasteiger partial charge < -0.3 is 9.47 Å². The molecule has 33 heavy (non-hydrogen) atoms. The van der Waals surface area contributed by atoms with E-state index in [1.807, 2.05) is 54.7 Å². The molecule has 0 bridgehead atoms. The van der Waals surface area contributed by atoms with Gasteiger partial charge in [0.2, 0.25) is 0 Å². The number of hydrogen-bond acceptors (Lipinski definition) is 4. The average molecular weight is 446 g/mol. The smallest absolute Gasteiger partial charge is 0.343 e. The molecule has 0 spiro atoms. The summed E-state index contributed by atoms with van der Waals surface area (Å²) in [5.41, 5.74) is 4.73. The fourth-order valence-corrected chi connectivity index (χ4v) is 3.57. The number of unbranched alkanes of at least 4 members (excludes halogenated alkanes) is 4. The minimum absolute atomic E-state index is 0.343. The molecular weight excluding hydrogens is 410 g/mol. The van der Waals surface area contributed by atoms with Crippen LogP contribution >= 0.6 is 0 Å². The lowest BCUT2D eigenvalue weighted by Crippen LogP contribution is -2.08. The van der Waals surface area contributed by atoms with Crippen molar-refractivity contribution >= 4 is 5.97 Å². The molecule has 0 fully saturated rings. The first-order valence-electron chi connectivity index (χ1n) is 12.1. The van der Waals surface area contributed by atoms with Gasteiger partial charge in [0.1, 0.15) is 5.75 Å². The Balaban J connectivity index is 1.51. The monoisotopic (exact) mass is 445 g/mol. The molecule has 4 nitrogen and oxygen atoms in total. The SMILES string of the molecule is CCCCCOCc1ccc(-c2ccc(OC(=O)c3ccc(CCCCC)cc3)cc2)nc1. The van der Waals surface area contributed by atoms with Crippen LogP contribution in [-0.4, -0.2) is 17.6 Å². The van der Waals surface area contributed by atoms with Crippen LogP contribution in [0.2, 0.25) is 0 Å². The van der Waals surface area contributed by atoms with Crippen LogP contribution < -0.4 is 4.74 Å². The molecule has 0 amide bonds. The number of ether oxygens (including phenoxy) is 2. The van der Waals surface area contributed by atoms with Crippen LogP contribution in [0.5, 0.6) is 5.75 Å². The van der Waals surface area contributed by atoms with Gasteiger partial charge in [0, 0.05) is 18.4 Å². The summed E-state index contributed by atoms with van der Waals surface area (Å²) in [6.45, 7) is 5.77. The predicted molar refractivity (Wildman–Crippen MR) is 133 cm³/mol. The third-order valence-electron chi connectivity index (χ3n) is 5.60. The summed E-state index contributed by atoms with van der Waals surface area (Å²) in [5, 5.41) is 0. The summed E-state index contributed by atoms with van der Waals surface area (Å²) in [5.74, 6) is 0.178. The van der Waals surface area contributed by atoms with E-state index < -0.39 is 0 Å². The van der Waals surface area contributed by atoms with E-state index in [4.69, 9.17) is 9.47 Å². The number of aryl methyl sites for hydroxylation is 1. The van der Waals surface area contributed by atoms with E-state index >= 15 is 0 Å². The highest BCUT2D eigenvalue weighted by atomic mass is 16.5. The maximum absolute atomic E-state index is 12.5. The molecule has 0 unspecified atom stereocenters. The Bertz CT molecular complexity index is 963. The molecule has 0 radical (unpaired) electrons. The summed E-state index contributed by atoms with van der Waals surface area (Å²) in [6, 6.07) is 19.2. The molecule has 0 saturated carbocycles. The third-order valence-corrected chi connectivity index (χ3v) is 5.60. The number of hydrogen-bond donors (Lipinski definition) is 0. The first-order valence-corrected chi connectivity index (χ1v) is 12.1. The second-order valence-electron chi connectivity index (χ2n) is 8.38. The Morgan fingerprint density at radius 1 is 0.788 bits per heavy atom. The minimum atomic E-state index is -0.343. The Morgan fingerprint density at radius 3 is 2.15 bits per heavy atom. The molecule has 2 aromatic carbocycles. The van der Waals surface area contributed by atoms with Crippen LogP contribution in [0.1, 0.15) is 73.9 Å². The van der Waals surface area contributed by atoms with Crippen molar-refractivity contribution in [2.45, 2.75) is 65.4 Å². The highest BCUT2D eigenvalue weighted by Gasteiger charge is 2.09. The fourth-order valence-electron chi connectivity index (χ4n) is 3.57. The standard InChI is InChI=1S/C29H35NO3/c1-3-5-7-9-23-10-13-26(14-11-23)29(31)33-27-17-15-25(16-18-27)28-19-12-24(21-30-28)22-32-20-8-6-4-2/h10-19,21H,3-9,20,22H2,1-2H3. The third kappa shape index (κ3) is 8.14. The van der Waals surface area contributed by atoms with E-state index in [0.717, 1.165) is 36.3 Å². The van der Waals surface area contributed by atoms with Gasteiger partial charge in [0.15, 0.2) is 0 Å². The maximum Gasteiger partial charge on any atom is 0.343 e. The lowest BCUT2D eigenvalue weighted by Gasteiger charge is -2.08. The molecule has 0 aliphatic rings. The summed E-state index contributed by atoms with van der Waals surface area (Å²) in [7, 11) is 0. The fraction of sp³-hybridized carbons (Fsp3) is 0.379. The Hall–Kier alpha value is -2.98. The molecule has 0 saturated heterocycles.